The highest BCUT2D eigenvalue weighted by molar-refractivity contribution is 7.15. The summed E-state index contributed by atoms with van der Waals surface area (Å²) in [5.74, 6) is -0.129. The van der Waals surface area contributed by atoms with Crippen LogP contribution in [-0.4, -0.2) is 24.5 Å². The number of amides is 1. The van der Waals surface area contributed by atoms with Crippen molar-refractivity contribution in [3.05, 3.63) is 82.0 Å². The molecule has 32 heavy (non-hydrogen) atoms. The maximum atomic E-state index is 12.9. The maximum absolute atomic E-state index is 12.9. The van der Waals surface area contributed by atoms with E-state index in [-0.39, 0.29) is 5.91 Å². The van der Waals surface area contributed by atoms with Crippen LogP contribution < -0.4 is 10.2 Å². The largest absolute Gasteiger partial charge is 0.416 e. The van der Waals surface area contributed by atoms with E-state index in [0.717, 1.165) is 39.0 Å². The molecule has 0 saturated carbocycles. The molecule has 3 rings (SSSR count). The first-order chi connectivity index (χ1) is 15.2. The Kier molecular flexibility index (Phi) is 7.56. The molecule has 3 aromatic rings. The van der Waals surface area contributed by atoms with Gasteiger partial charge >= 0.3 is 6.18 Å². The third-order valence-corrected chi connectivity index (χ3v) is 6.32. The Bertz CT molecular complexity index is 1030. The third-order valence-electron chi connectivity index (χ3n) is 5.21. The van der Waals surface area contributed by atoms with Gasteiger partial charge in [0.2, 0.25) is 5.91 Å². The summed E-state index contributed by atoms with van der Waals surface area (Å²) >= 11 is 1.53. The number of aromatic nitrogens is 1. The third kappa shape index (κ3) is 5.68. The first-order valence-electron chi connectivity index (χ1n) is 10.3. The number of hydrogen-bond donors (Lipinski definition) is 1. The fourth-order valence-electron chi connectivity index (χ4n) is 3.69. The van der Waals surface area contributed by atoms with E-state index in [1.165, 1.54) is 23.5 Å². The number of anilines is 1. The Morgan fingerprint density at radius 2 is 1.75 bits per heavy atom. The number of rotatable bonds is 8. The van der Waals surface area contributed by atoms with Crippen LogP contribution in [0.5, 0.6) is 0 Å². The highest BCUT2D eigenvalue weighted by atomic mass is 32.1. The smallest absolute Gasteiger partial charge is 0.357 e. The van der Waals surface area contributed by atoms with Crippen molar-refractivity contribution in [2.75, 3.05) is 18.5 Å². The van der Waals surface area contributed by atoms with Crippen LogP contribution in [0.1, 0.15) is 39.9 Å². The molecule has 0 bridgehead atoms. The number of nitrogens with one attached hydrogen (secondary N) is 1. The summed E-state index contributed by atoms with van der Waals surface area (Å²) in [5.41, 5.74) is 1.90. The van der Waals surface area contributed by atoms with Gasteiger partial charge in [-0.3, -0.25) is 4.79 Å². The Morgan fingerprint density at radius 3 is 2.28 bits per heavy atom. The van der Waals surface area contributed by atoms with Gasteiger partial charge in [0.15, 0.2) is 0 Å². The topological polar surface area (TPSA) is 45.2 Å². The van der Waals surface area contributed by atoms with Gasteiger partial charge in [0.1, 0.15) is 11.0 Å². The molecule has 0 aliphatic rings. The Hall–Kier alpha value is -2.87. The molecule has 0 saturated heterocycles. The van der Waals surface area contributed by atoms with Crippen molar-refractivity contribution in [3.63, 3.8) is 0 Å². The predicted molar refractivity (Wildman–Crippen MR) is 122 cm³/mol. The van der Waals surface area contributed by atoms with Gasteiger partial charge in [-0.1, -0.05) is 42.5 Å². The van der Waals surface area contributed by atoms with Gasteiger partial charge in [-0.15, -0.1) is 11.3 Å². The minimum absolute atomic E-state index is 0.129. The number of likely N-dealkylation sites (N-methyl/N-ethyl adjacent to an activating group) is 1. The molecular weight excluding hydrogens is 435 g/mol. The average molecular weight is 462 g/mol. The maximum Gasteiger partial charge on any atom is 0.416 e. The Balaban J connectivity index is 1.85. The van der Waals surface area contributed by atoms with Gasteiger partial charge in [0, 0.05) is 13.6 Å². The molecule has 2 aromatic carbocycles. The highest BCUT2D eigenvalue weighted by Crippen LogP contribution is 2.35. The summed E-state index contributed by atoms with van der Waals surface area (Å²) in [6.07, 6.45) is -3.07. The monoisotopic (exact) mass is 461 g/mol. The van der Waals surface area contributed by atoms with Crippen LogP contribution >= 0.6 is 11.3 Å². The summed E-state index contributed by atoms with van der Waals surface area (Å²) in [4.78, 5) is 19.5. The molecule has 0 spiro atoms. The van der Waals surface area contributed by atoms with E-state index >= 15 is 0 Å². The van der Waals surface area contributed by atoms with E-state index in [2.05, 4.69) is 15.2 Å². The van der Waals surface area contributed by atoms with Crippen molar-refractivity contribution in [3.8, 4) is 0 Å². The van der Waals surface area contributed by atoms with Gasteiger partial charge in [-0.05, 0) is 49.9 Å². The summed E-state index contributed by atoms with van der Waals surface area (Å²) in [7, 11) is 1.61. The Morgan fingerprint density at radius 1 is 1.09 bits per heavy atom. The predicted octanol–water partition coefficient (Wildman–Crippen LogP) is 5.71. The number of aryl methyl sites for hydroxylation is 3. The molecule has 0 aliphatic heterocycles. The highest BCUT2D eigenvalue weighted by Gasteiger charge is 2.31. The average Bonchev–Trinajstić information content (AvgIpc) is 3.10. The number of halogens is 3. The zero-order valence-electron chi connectivity index (χ0n) is 18.2. The number of hydrogen-bond acceptors (Lipinski definition) is 4. The SMILES string of the molecule is CNC(=O)C(c1ccccc1)N(CCCc1ccc(C(F)(F)F)cc1)c1sc(C)nc1C. The van der Waals surface area contributed by atoms with Gasteiger partial charge in [-0.25, -0.2) is 4.98 Å². The van der Waals surface area contributed by atoms with Crippen LogP contribution in [0.4, 0.5) is 18.2 Å². The van der Waals surface area contributed by atoms with Crippen LogP contribution in [0, 0.1) is 13.8 Å². The summed E-state index contributed by atoms with van der Waals surface area (Å²) in [6, 6.07) is 14.3. The first kappa shape index (κ1) is 23.8. The summed E-state index contributed by atoms with van der Waals surface area (Å²) in [5, 5.41) is 4.60. The van der Waals surface area contributed by atoms with E-state index < -0.39 is 17.8 Å². The van der Waals surface area contributed by atoms with Crippen LogP contribution in [-0.2, 0) is 17.4 Å². The first-order valence-corrected chi connectivity index (χ1v) is 11.2. The Labute approximate surface area is 190 Å². The van der Waals surface area contributed by atoms with Gasteiger partial charge < -0.3 is 10.2 Å². The van der Waals surface area contributed by atoms with Crippen molar-refractivity contribution in [2.45, 2.75) is 38.9 Å². The molecule has 0 aliphatic carbocycles. The van der Waals surface area contributed by atoms with Gasteiger partial charge in [-0.2, -0.15) is 13.2 Å². The summed E-state index contributed by atoms with van der Waals surface area (Å²) < 4.78 is 38.4. The van der Waals surface area contributed by atoms with Gasteiger partial charge in [0.05, 0.1) is 16.3 Å². The quantitative estimate of drug-likeness (QED) is 0.468. The molecule has 1 amide bonds. The molecular formula is C24H26F3N3OS. The van der Waals surface area contributed by atoms with Crippen molar-refractivity contribution in [1.29, 1.82) is 0 Å². The van der Waals surface area contributed by atoms with E-state index in [1.54, 1.807) is 7.05 Å². The lowest BCUT2D eigenvalue weighted by molar-refractivity contribution is -0.137. The number of thiazole rings is 1. The molecule has 8 heteroatoms. The molecule has 0 fully saturated rings. The van der Waals surface area contributed by atoms with E-state index in [1.807, 2.05) is 44.2 Å². The van der Waals surface area contributed by atoms with Crippen molar-refractivity contribution < 1.29 is 18.0 Å². The lowest BCUT2D eigenvalue weighted by Crippen LogP contribution is -2.40. The van der Waals surface area contributed by atoms with Gasteiger partial charge in [0.25, 0.3) is 0 Å². The van der Waals surface area contributed by atoms with Crippen LogP contribution in [0.3, 0.4) is 0 Å². The molecule has 1 aromatic heterocycles. The molecule has 1 unspecified atom stereocenters. The zero-order valence-corrected chi connectivity index (χ0v) is 19.1. The fraction of sp³-hybridized carbons (Fsp3) is 0.333. The number of carbonyl (C=O) groups is 1. The van der Waals surface area contributed by atoms with E-state index in [0.29, 0.717) is 19.4 Å². The van der Waals surface area contributed by atoms with Crippen molar-refractivity contribution >= 4 is 22.2 Å². The lowest BCUT2D eigenvalue weighted by atomic mass is 10.0. The zero-order chi connectivity index (χ0) is 23.3. The minimum atomic E-state index is -4.34. The fourth-order valence-corrected chi connectivity index (χ4v) is 4.66. The standard InChI is InChI=1S/C24H26F3N3OS/c1-16-23(32-17(2)29-16)30(21(22(31)28-3)19-9-5-4-6-10-19)15-7-8-18-11-13-20(14-12-18)24(25,26)27/h4-6,9-14,21H,7-8,15H2,1-3H3,(H,28,31). The molecule has 1 atom stereocenters. The number of benzene rings is 2. The molecule has 4 nitrogen and oxygen atoms in total. The summed E-state index contributed by atoms with van der Waals surface area (Å²) in [6.45, 7) is 4.41. The van der Waals surface area contributed by atoms with Crippen LogP contribution in [0.25, 0.3) is 0 Å². The second-order valence-electron chi connectivity index (χ2n) is 7.54. The van der Waals surface area contributed by atoms with Crippen molar-refractivity contribution in [1.82, 2.24) is 10.3 Å². The van der Waals surface area contributed by atoms with Crippen LogP contribution in [0.15, 0.2) is 54.6 Å². The van der Waals surface area contributed by atoms with Crippen molar-refractivity contribution in [2.24, 2.45) is 0 Å². The molecule has 0 radical (unpaired) electrons. The molecule has 1 heterocycles. The number of carbonyl (C=O) groups excluding carboxylic acids is 1. The van der Waals surface area contributed by atoms with E-state index in [9.17, 15) is 18.0 Å². The van der Waals surface area contributed by atoms with E-state index in [4.69, 9.17) is 0 Å². The number of alkyl halides is 3. The number of nitrogens with zero attached hydrogens (tertiary/aromatic N) is 2. The molecule has 1 N–H and O–H groups in total. The second-order valence-corrected chi connectivity index (χ2v) is 8.72. The second kappa shape index (κ2) is 10.2. The normalized spacial score (nSPS) is 12.4. The lowest BCUT2D eigenvalue weighted by Gasteiger charge is -2.32. The van der Waals surface area contributed by atoms with Crippen LogP contribution in [0.2, 0.25) is 0 Å². The minimum Gasteiger partial charge on any atom is -0.357 e. The molecule has 170 valence electrons.